The molecule has 5 nitrogen and oxygen atoms in total. The Hall–Kier alpha value is -3.69. The maximum atomic E-state index is 14.5. The van der Waals surface area contributed by atoms with Crippen LogP contribution in [-0.2, 0) is 4.74 Å². The minimum atomic E-state index is -1.06. The van der Waals surface area contributed by atoms with Crippen LogP contribution in [0.2, 0.25) is 0 Å². The van der Waals surface area contributed by atoms with Crippen molar-refractivity contribution in [2.75, 3.05) is 31.1 Å². The molecule has 2 aliphatic heterocycles. The van der Waals surface area contributed by atoms with Gasteiger partial charge in [0.1, 0.15) is 17.5 Å². The zero-order valence-corrected chi connectivity index (χ0v) is 21.3. The van der Waals surface area contributed by atoms with Gasteiger partial charge in [0.2, 0.25) is 0 Å². The molecule has 0 radical (unpaired) electrons. The van der Waals surface area contributed by atoms with Gasteiger partial charge in [0.15, 0.2) is 11.6 Å². The minimum absolute atomic E-state index is 0.0394. The SMILES string of the molecule is Cc1c(F)cc(F)c(O)c1-c1ccc2ncc(-c3cc(F)cc(F)c3)c(N3CC[C@H]4NCCCO[C@@H]4C3)c2c1. The van der Waals surface area contributed by atoms with E-state index in [4.69, 9.17) is 4.74 Å². The Morgan fingerprint density at radius 2 is 1.79 bits per heavy atom. The number of aromatic nitrogens is 1. The molecule has 1 aromatic heterocycles. The molecule has 4 aromatic rings. The Bertz CT molecular complexity index is 1530. The van der Waals surface area contributed by atoms with Crippen LogP contribution < -0.4 is 10.2 Å². The molecule has 2 N–H and O–H groups in total. The number of nitrogens with zero attached hydrogens (tertiary/aromatic N) is 2. The molecule has 9 heteroatoms. The van der Waals surface area contributed by atoms with E-state index in [9.17, 15) is 22.7 Å². The van der Waals surface area contributed by atoms with Crippen molar-refractivity contribution in [2.45, 2.75) is 31.9 Å². The summed E-state index contributed by atoms with van der Waals surface area (Å²) in [5.74, 6) is -3.91. The van der Waals surface area contributed by atoms with Crippen molar-refractivity contribution < 1.29 is 27.4 Å². The first-order chi connectivity index (χ1) is 18.8. The third kappa shape index (κ3) is 4.70. The molecule has 0 saturated carbocycles. The topological polar surface area (TPSA) is 57.6 Å². The van der Waals surface area contributed by atoms with Crippen LogP contribution in [0.5, 0.6) is 5.75 Å². The molecular formula is C30H27F4N3O2. The quantitative estimate of drug-likeness (QED) is 0.310. The van der Waals surface area contributed by atoms with Gasteiger partial charge in [-0.15, -0.1) is 0 Å². The van der Waals surface area contributed by atoms with E-state index in [2.05, 4.69) is 15.2 Å². The summed E-state index contributed by atoms with van der Waals surface area (Å²) in [4.78, 5) is 6.68. The first kappa shape index (κ1) is 25.6. The van der Waals surface area contributed by atoms with Crippen molar-refractivity contribution in [3.63, 3.8) is 0 Å². The third-order valence-electron chi connectivity index (χ3n) is 7.69. The molecule has 2 saturated heterocycles. The Kier molecular flexibility index (Phi) is 6.64. The van der Waals surface area contributed by atoms with E-state index in [0.717, 1.165) is 25.5 Å². The number of nitrogens with one attached hydrogen (secondary N) is 1. The number of hydrogen-bond acceptors (Lipinski definition) is 5. The number of pyridine rings is 1. The summed E-state index contributed by atoms with van der Waals surface area (Å²) in [6.07, 6.45) is 3.21. The number of phenols is 1. The van der Waals surface area contributed by atoms with Crippen LogP contribution in [0.3, 0.4) is 0 Å². The van der Waals surface area contributed by atoms with Crippen LogP contribution in [0.4, 0.5) is 23.2 Å². The van der Waals surface area contributed by atoms with Crippen LogP contribution in [-0.4, -0.2) is 48.5 Å². The van der Waals surface area contributed by atoms with E-state index in [0.29, 0.717) is 59.0 Å². The second-order valence-electron chi connectivity index (χ2n) is 10.2. The maximum Gasteiger partial charge on any atom is 0.168 e. The number of rotatable bonds is 3. The normalized spacial score (nSPS) is 19.7. The van der Waals surface area contributed by atoms with Gasteiger partial charge in [-0.2, -0.15) is 0 Å². The third-order valence-corrected chi connectivity index (χ3v) is 7.69. The first-order valence-electron chi connectivity index (χ1n) is 13.0. The van der Waals surface area contributed by atoms with E-state index >= 15 is 0 Å². The largest absolute Gasteiger partial charge is 0.504 e. The van der Waals surface area contributed by atoms with Gasteiger partial charge < -0.3 is 20.1 Å². The summed E-state index contributed by atoms with van der Waals surface area (Å²) in [5.41, 5.74) is 2.65. The molecule has 2 aliphatic rings. The monoisotopic (exact) mass is 537 g/mol. The van der Waals surface area contributed by atoms with Gasteiger partial charge in [-0.05, 0) is 67.3 Å². The van der Waals surface area contributed by atoms with Crippen LogP contribution in [0, 0.1) is 30.2 Å². The lowest BCUT2D eigenvalue weighted by atomic mass is 9.93. The van der Waals surface area contributed by atoms with Crippen LogP contribution in [0.15, 0.2) is 48.7 Å². The van der Waals surface area contributed by atoms with Gasteiger partial charge in [-0.1, -0.05) is 6.07 Å². The van der Waals surface area contributed by atoms with Gasteiger partial charge in [-0.3, -0.25) is 4.98 Å². The molecule has 39 heavy (non-hydrogen) atoms. The van der Waals surface area contributed by atoms with Gasteiger partial charge >= 0.3 is 0 Å². The standard InChI is InChI=1S/C30H27F4N3O2/c1-16-23(33)13-24(34)30(38)28(16)17-3-4-25-21(11-17)29(22(14-36-25)18-9-19(31)12-20(32)10-18)37-7-5-26-27(15-37)39-8-2-6-35-26/h3-4,9-14,26-27,35,38H,2,5-8,15H2,1H3/t26-,27-/m1/s1. The lowest BCUT2D eigenvalue weighted by Crippen LogP contribution is -2.53. The zero-order valence-electron chi connectivity index (χ0n) is 21.3. The first-order valence-corrected chi connectivity index (χ1v) is 13.0. The van der Waals surface area contributed by atoms with Crippen molar-refractivity contribution in [1.29, 1.82) is 0 Å². The molecule has 0 amide bonds. The zero-order chi connectivity index (χ0) is 27.3. The Morgan fingerprint density at radius 3 is 2.59 bits per heavy atom. The number of piperidine rings is 1. The summed E-state index contributed by atoms with van der Waals surface area (Å²) < 4.78 is 63.6. The smallest absolute Gasteiger partial charge is 0.168 e. The fourth-order valence-electron chi connectivity index (χ4n) is 5.77. The molecular weight excluding hydrogens is 510 g/mol. The number of phenolic OH excluding ortho intramolecular Hbond substituents is 1. The highest BCUT2D eigenvalue weighted by atomic mass is 19.1. The molecule has 0 aliphatic carbocycles. The van der Waals surface area contributed by atoms with Gasteiger partial charge in [0.25, 0.3) is 0 Å². The highest BCUT2D eigenvalue weighted by Gasteiger charge is 2.33. The van der Waals surface area contributed by atoms with Crippen molar-refractivity contribution in [2.24, 2.45) is 0 Å². The number of fused-ring (bicyclic) bond motifs is 2. The van der Waals surface area contributed by atoms with Crippen LogP contribution in [0.25, 0.3) is 33.2 Å². The van der Waals surface area contributed by atoms with Gasteiger partial charge in [0, 0.05) is 60.6 Å². The fourth-order valence-corrected chi connectivity index (χ4v) is 5.77. The molecule has 0 unspecified atom stereocenters. The number of hydrogen-bond donors (Lipinski definition) is 2. The summed E-state index contributed by atoms with van der Waals surface area (Å²) in [7, 11) is 0. The molecule has 3 heterocycles. The van der Waals surface area contributed by atoms with Crippen LogP contribution >= 0.6 is 0 Å². The van der Waals surface area contributed by atoms with Crippen molar-refractivity contribution in [3.8, 4) is 28.0 Å². The minimum Gasteiger partial charge on any atom is -0.504 e. The number of aromatic hydroxyl groups is 1. The van der Waals surface area contributed by atoms with E-state index in [1.807, 2.05) is 0 Å². The maximum absolute atomic E-state index is 14.5. The summed E-state index contributed by atoms with van der Waals surface area (Å²) in [5, 5.41) is 14.7. The second kappa shape index (κ2) is 10.1. The lowest BCUT2D eigenvalue weighted by Gasteiger charge is -2.40. The lowest BCUT2D eigenvalue weighted by molar-refractivity contribution is 0.0377. The molecule has 6 rings (SSSR count). The molecule has 0 spiro atoms. The Balaban J connectivity index is 1.57. The molecule has 0 bridgehead atoms. The van der Waals surface area contributed by atoms with E-state index in [1.54, 1.807) is 24.4 Å². The predicted molar refractivity (Wildman–Crippen MR) is 142 cm³/mol. The number of benzene rings is 3. The van der Waals surface area contributed by atoms with Crippen molar-refractivity contribution in [1.82, 2.24) is 10.3 Å². The van der Waals surface area contributed by atoms with Crippen molar-refractivity contribution >= 4 is 16.6 Å². The molecule has 3 aromatic carbocycles. The van der Waals surface area contributed by atoms with Crippen LogP contribution in [0.1, 0.15) is 18.4 Å². The second-order valence-corrected chi connectivity index (χ2v) is 10.2. The highest BCUT2D eigenvalue weighted by Crippen LogP contribution is 2.42. The number of halogens is 4. The Labute approximate surface area is 223 Å². The van der Waals surface area contributed by atoms with E-state index in [-0.39, 0.29) is 23.3 Å². The van der Waals surface area contributed by atoms with E-state index < -0.39 is 29.0 Å². The van der Waals surface area contributed by atoms with Gasteiger partial charge in [0.05, 0.1) is 17.3 Å². The fraction of sp³-hybridized carbons (Fsp3) is 0.300. The summed E-state index contributed by atoms with van der Waals surface area (Å²) in [6, 6.07) is 9.25. The molecule has 2 fully saturated rings. The van der Waals surface area contributed by atoms with E-state index in [1.165, 1.54) is 19.1 Å². The summed E-state index contributed by atoms with van der Waals surface area (Å²) in [6.45, 7) is 4.16. The molecule has 202 valence electrons. The average molecular weight is 538 g/mol. The number of ether oxygens (including phenoxy) is 1. The van der Waals surface area contributed by atoms with Crippen molar-refractivity contribution in [3.05, 3.63) is 77.5 Å². The highest BCUT2D eigenvalue weighted by molar-refractivity contribution is 6.02. The molecule has 2 atom stereocenters. The number of anilines is 1. The van der Waals surface area contributed by atoms with Gasteiger partial charge in [-0.25, -0.2) is 17.6 Å². The Morgan fingerprint density at radius 1 is 1.00 bits per heavy atom. The average Bonchev–Trinajstić information content (AvgIpc) is 3.16. The summed E-state index contributed by atoms with van der Waals surface area (Å²) >= 11 is 0. The predicted octanol–water partition coefficient (Wildman–Crippen LogP) is 6.10.